The summed E-state index contributed by atoms with van der Waals surface area (Å²) in [7, 11) is -1.33. The van der Waals surface area contributed by atoms with Crippen molar-refractivity contribution in [3.05, 3.63) is 28.2 Å². The molecule has 0 unspecified atom stereocenters. The molecular formula is C18H24BrNSi. The van der Waals surface area contributed by atoms with E-state index in [1.807, 2.05) is 0 Å². The zero-order valence-corrected chi connectivity index (χ0v) is 15.9. The van der Waals surface area contributed by atoms with E-state index < -0.39 is 8.07 Å². The highest BCUT2D eigenvalue weighted by Gasteiger charge is 2.44. The molecule has 1 aliphatic heterocycles. The van der Waals surface area contributed by atoms with Gasteiger partial charge in [0.1, 0.15) is 8.07 Å². The molecule has 1 aromatic carbocycles. The van der Waals surface area contributed by atoms with E-state index in [4.69, 9.17) is 0 Å². The van der Waals surface area contributed by atoms with E-state index in [1.165, 1.54) is 50.0 Å². The second-order valence-corrected chi connectivity index (χ2v) is 13.3. The highest BCUT2D eigenvalue weighted by atomic mass is 79.9. The molecule has 3 rings (SSSR count). The second-order valence-electron chi connectivity index (χ2n) is 7.65. The number of piperidine rings is 1. The minimum absolute atomic E-state index is 0.729. The van der Waals surface area contributed by atoms with Crippen LogP contribution >= 0.6 is 15.9 Å². The van der Waals surface area contributed by atoms with Gasteiger partial charge in [0.2, 0.25) is 0 Å². The van der Waals surface area contributed by atoms with Crippen molar-refractivity contribution in [2.75, 3.05) is 18.0 Å². The van der Waals surface area contributed by atoms with Gasteiger partial charge in [-0.25, -0.2) is 0 Å². The Morgan fingerprint density at radius 2 is 1.76 bits per heavy atom. The van der Waals surface area contributed by atoms with Gasteiger partial charge in [-0.1, -0.05) is 41.5 Å². The molecule has 1 heterocycles. The summed E-state index contributed by atoms with van der Waals surface area (Å²) in [5.41, 5.74) is 6.77. The lowest BCUT2D eigenvalue weighted by Crippen LogP contribution is -2.34. The van der Waals surface area contributed by atoms with E-state index in [0.29, 0.717) is 0 Å². The molecule has 1 spiro atoms. The van der Waals surface area contributed by atoms with Crippen molar-refractivity contribution in [3.8, 4) is 11.5 Å². The van der Waals surface area contributed by atoms with Crippen LogP contribution in [0.4, 0.5) is 5.69 Å². The Morgan fingerprint density at radius 3 is 2.33 bits per heavy atom. The lowest BCUT2D eigenvalue weighted by Gasteiger charge is -2.34. The molecule has 0 atom stereocenters. The summed E-state index contributed by atoms with van der Waals surface area (Å²) in [5.74, 6) is 3.46. The minimum atomic E-state index is -1.33. The molecule has 0 amide bonds. The second kappa shape index (κ2) is 5.48. The Hall–Kier alpha value is -0.723. The van der Waals surface area contributed by atoms with Gasteiger partial charge < -0.3 is 4.90 Å². The van der Waals surface area contributed by atoms with Crippen LogP contribution in [0.25, 0.3) is 0 Å². The summed E-state index contributed by atoms with van der Waals surface area (Å²) >= 11 is 3.62. The van der Waals surface area contributed by atoms with Gasteiger partial charge in [-0.2, -0.15) is 0 Å². The number of rotatable bonds is 1. The predicted molar refractivity (Wildman–Crippen MR) is 97.5 cm³/mol. The standard InChI is InChI=1S/C18H24BrNSi/c1-21(2,3)13-6-15-4-5-16(19)14-17(15)20-11-9-18(7-8-18)10-12-20/h4-5,14H,7-12H2,1-3H3. The fourth-order valence-corrected chi connectivity index (χ4v) is 3.88. The number of hydrogen-bond donors (Lipinski definition) is 0. The summed E-state index contributed by atoms with van der Waals surface area (Å²) in [6.07, 6.45) is 5.64. The maximum atomic E-state index is 3.62. The summed E-state index contributed by atoms with van der Waals surface area (Å²) in [6, 6.07) is 6.54. The van der Waals surface area contributed by atoms with Crippen molar-refractivity contribution in [1.82, 2.24) is 0 Å². The van der Waals surface area contributed by atoms with Gasteiger partial charge in [-0.15, -0.1) is 5.54 Å². The topological polar surface area (TPSA) is 3.24 Å². The van der Waals surface area contributed by atoms with Gasteiger partial charge in [0.05, 0.1) is 5.69 Å². The van der Waals surface area contributed by atoms with Gasteiger partial charge >= 0.3 is 0 Å². The summed E-state index contributed by atoms with van der Waals surface area (Å²) < 4.78 is 1.16. The molecule has 1 aromatic rings. The first-order valence-electron chi connectivity index (χ1n) is 7.95. The number of benzene rings is 1. The molecule has 3 heteroatoms. The van der Waals surface area contributed by atoms with Crippen molar-refractivity contribution in [2.24, 2.45) is 5.41 Å². The van der Waals surface area contributed by atoms with Crippen LogP contribution in [-0.2, 0) is 0 Å². The monoisotopic (exact) mass is 361 g/mol. The van der Waals surface area contributed by atoms with Crippen molar-refractivity contribution in [3.63, 3.8) is 0 Å². The third-order valence-electron chi connectivity index (χ3n) is 4.65. The first kappa shape index (κ1) is 15.2. The molecule has 1 nitrogen and oxygen atoms in total. The lowest BCUT2D eigenvalue weighted by atomic mass is 9.93. The number of hydrogen-bond acceptors (Lipinski definition) is 1. The normalized spacial score (nSPS) is 20.1. The summed E-state index contributed by atoms with van der Waals surface area (Å²) in [5, 5.41) is 0. The fraction of sp³-hybridized carbons (Fsp3) is 0.556. The van der Waals surface area contributed by atoms with Crippen LogP contribution in [0.15, 0.2) is 22.7 Å². The first-order valence-corrected chi connectivity index (χ1v) is 12.2. The van der Waals surface area contributed by atoms with Crippen molar-refractivity contribution < 1.29 is 0 Å². The van der Waals surface area contributed by atoms with E-state index in [0.717, 1.165) is 9.89 Å². The largest absolute Gasteiger partial charge is 0.370 e. The average Bonchev–Trinajstić information content (AvgIpc) is 3.17. The maximum absolute atomic E-state index is 3.62. The Labute approximate surface area is 138 Å². The van der Waals surface area contributed by atoms with Crippen LogP contribution in [0.5, 0.6) is 0 Å². The van der Waals surface area contributed by atoms with Gasteiger partial charge in [0.25, 0.3) is 0 Å². The number of anilines is 1. The molecular weight excluding hydrogens is 338 g/mol. The summed E-state index contributed by atoms with van der Waals surface area (Å²) in [4.78, 5) is 2.54. The minimum Gasteiger partial charge on any atom is -0.370 e. The quantitative estimate of drug-likeness (QED) is 0.499. The van der Waals surface area contributed by atoms with E-state index >= 15 is 0 Å². The Kier molecular flexibility index (Phi) is 3.96. The summed E-state index contributed by atoms with van der Waals surface area (Å²) in [6.45, 7) is 9.29. The third kappa shape index (κ3) is 3.73. The molecule has 1 saturated heterocycles. The molecule has 0 bridgehead atoms. The van der Waals surface area contributed by atoms with Gasteiger partial charge in [0.15, 0.2) is 0 Å². The van der Waals surface area contributed by atoms with E-state index in [2.05, 4.69) is 70.1 Å². The highest BCUT2D eigenvalue weighted by molar-refractivity contribution is 9.10. The van der Waals surface area contributed by atoms with Gasteiger partial charge in [-0.05, 0) is 49.3 Å². The van der Waals surface area contributed by atoms with Crippen molar-refractivity contribution >= 4 is 29.7 Å². The van der Waals surface area contributed by atoms with Crippen molar-refractivity contribution in [2.45, 2.75) is 45.3 Å². The van der Waals surface area contributed by atoms with Crippen LogP contribution in [-0.4, -0.2) is 21.2 Å². The molecule has 112 valence electrons. The van der Waals surface area contributed by atoms with Crippen LogP contribution in [0.2, 0.25) is 19.6 Å². The molecule has 0 N–H and O–H groups in total. The molecule has 2 aliphatic rings. The predicted octanol–water partition coefficient (Wildman–Crippen LogP) is 5.06. The molecule has 2 fully saturated rings. The van der Waals surface area contributed by atoms with Gasteiger partial charge in [0, 0.05) is 23.1 Å². The van der Waals surface area contributed by atoms with Crippen LogP contribution in [0, 0.1) is 16.9 Å². The zero-order chi connectivity index (χ0) is 15.1. The third-order valence-corrected chi connectivity index (χ3v) is 6.02. The molecule has 0 aromatic heterocycles. The van der Waals surface area contributed by atoms with Crippen LogP contribution < -0.4 is 4.90 Å². The van der Waals surface area contributed by atoms with E-state index in [-0.39, 0.29) is 0 Å². The van der Waals surface area contributed by atoms with E-state index in [1.54, 1.807) is 0 Å². The van der Waals surface area contributed by atoms with Crippen molar-refractivity contribution in [1.29, 1.82) is 0 Å². The number of halogens is 1. The maximum Gasteiger partial charge on any atom is 0.129 e. The van der Waals surface area contributed by atoms with Crippen LogP contribution in [0.1, 0.15) is 31.2 Å². The zero-order valence-electron chi connectivity index (χ0n) is 13.3. The lowest BCUT2D eigenvalue weighted by molar-refractivity contribution is 0.384. The average molecular weight is 362 g/mol. The smallest absolute Gasteiger partial charge is 0.129 e. The first-order chi connectivity index (χ1) is 9.87. The van der Waals surface area contributed by atoms with E-state index in [9.17, 15) is 0 Å². The number of nitrogens with zero attached hydrogens (tertiary/aromatic N) is 1. The van der Waals surface area contributed by atoms with Crippen LogP contribution in [0.3, 0.4) is 0 Å². The highest BCUT2D eigenvalue weighted by Crippen LogP contribution is 2.54. The van der Waals surface area contributed by atoms with Gasteiger partial charge in [-0.3, -0.25) is 0 Å². The SMILES string of the molecule is C[Si](C)(C)C#Cc1ccc(Br)cc1N1CCC2(CC1)CC2. The molecule has 1 saturated carbocycles. The molecule has 0 radical (unpaired) electrons. The Balaban J connectivity index is 1.85. The molecule has 21 heavy (non-hydrogen) atoms. The fourth-order valence-electron chi connectivity index (χ4n) is 3.03. The Bertz CT molecular complexity index is 592. The Morgan fingerprint density at radius 1 is 1.10 bits per heavy atom. The molecule has 1 aliphatic carbocycles.